The van der Waals surface area contributed by atoms with Crippen molar-refractivity contribution < 1.29 is 9.47 Å². The lowest BCUT2D eigenvalue weighted by molar-refractivity contribution is 0.154. The molecule has 0 N–H and O–H groups in total. The van der Waals surface area contributed by atoms with Crippen LogP contribution in [-0.4, -0.2) is 41.7 Å². The van der Waals surface area contributed by atoms with Crippen LogP contribution in [-0.2, 0) is 13.1 Å². The molecule has 1 aliphatic rings. The second kappa shape index (κ2) is 8.87. The van der Waals surface area contributed by atoms with E-state index in [1.165, 1.54) is 16.7 Å². The first-order valence-electron chi connectivity index (χ1n) is 9.30. The number of methoxy groups -OCH3 is 2. The molecule has 0 saturated carbocycles. The first-order valence-corrected chi connectivity index (χ1v) is 11.7. The molecular weight excluding hydrogens is 422 g/mol. The highest BCUT2D eigenvalue weighted by molar-refractivity contribution is 8.00. The van der Waals surface area contributed by atoms with Crippen molar-refractivity contribution in [1.29, 1.82) is 0 Å². The van der Waals surface area contributed by atoms with Gasteiger partial charge in [0.05, 0.1) is 26.9 Å². The van der Waals surface area contributed by atoms with E-state index in [1.54, 1.807) is 37.3 Å². The molecule has 0 fully saturated rings. The fraction of sp³-hybridized carbons (Fsp3) is 0.333. The predicted octanol–water partition coefficient (Wildman–Crippen LogP) is 5.02. The van der Waals surface area contributed by atoms with Crippen LogP contribution in [0.5, 0.6) is 11.5 Å². The Labute approximate surface area is 184 Å². The zero-order valence-electron chi connectivity index (χ0n) is 16.6. The van der Waals surface area contributed by atoms with Crippen LogP contribution in [0.3, 0.4) is 0 Å². The Morgan fingerprint density at radius 2 is 1.90 bits per heavy atom. The first kappa shape index (κ1) is 20.4. The number of ether oxygens (including phenoxy) is 2. The van der Waals surface area contributed by atoms with Gasteiger partial charge in [-0.2, -0.15) is 5.10 Å². The van der Waals surface area contributed by atoms with Crippen molar-refractivity contribution in [2.24, 2.45) is 0 Å². The van der Waals surface area contributed by atoms with E-state index in [0.29, 0.717) is 6.67 Å². The Bertz CT molecular complexity index is 1050. The molecule has 4 rings (SSSR count). The van der Waals surface area contributed by atoms with E-state index in [4.69, 9.17) is 21.7 Å². The summed E-state index contributed by atoms with van der Waals surface area (Å²) in [5.74, 6) is 1.53. The van der Waals surface area contributed by atoms with Crippen molar-refractivity contribution in [3.63, 3.8) is 0 Å². The molecule has 0 amide bonds. The maximum atomic E-state index is 5.60. The molecule has 1 atom stereocenters. The lowest BCUT2D eigenvalue weighted by Gasteiger charge is -2.37. The minimum atomic E-state index is 0.0982. The van der Waals surface area contributed by atoms with E-state index in [-0.39, 0.29) is 6.04 Å². The highest BCUT2D eigenvalue weighted by Crippen LogP contribution is 2.41. The van der Waals surface area contributed by atoms with Gasteiger partial charge in [0.1, 0.15) is 0 Å². The standard InChI is InChI=1S/C21H23N3O2S3/c1-25-17-11-15-9-10-23(13-24-21(27)29-20(22-24)28-3)19(14-7-5-4-6-8-14)16(15)12-18(17)26-2/h4-8,11-12,19H,9-10,13H2,1-3H3/t19-/m1/s1. The topological polar surface area (TPSA) is 39.5 Å². The number of nitrogens with zero attached hydrogens (tertiary/aromatic N) is 3. The Balaban J connectivity index is 1.78. The number of hydrogen-bond donors (Lipinski definition) is 0. The minimum absolute atomic E-state index is 0.0982. The molecule has 8 heteroatoms. The van der Waals surface area contributed by atoms with Crippen molar-refractivity contribution in [2.75, 3.05) is 27.0 Å². The summed E-state index contributed by atoms with van der Waals surface area (Å²) in [6, 6.07) is 14.9. The third-order valence-electron chi connectivity index (χ3n) is 5.17. The monoisotopic (exact) mass is 445 g/mol. The Morgan fingerprint density at radius 1 is 1.17 bits per heavy atom. The average Bonchev–Trinajstić information content (AvgIpc) is 3.12. The summed E-state index contributed by atoms with van der Waals surface area (Å²) in [7, 11) is 3.36. The summed E-state index contributed by atoms with van der Waals surface area (Å²) < 4.78 is 14.9. The van der Waals surface area contributed by atoms with Crippen LogP contribution < -0.4 is 9.47 Å². The summed E-state index contributed by atoms with van der Waals surface area (Å²) in [5.41, 5.74) is 3.78. The van der Waals surface area contributed by atoms with Gasteiger partial charge in [0.15, 0.2) is 19.8 Å². The zero-order chi connectivity index (χ0) is 20.4. The van der Waals surface area contributed by atoms with Gasteiger partial charge in [0.2, 0.25) is 0 Å². The summed E-state index contributed by atoms with van der Waals surface area (Å²) in [4.78, 5) is 2.43. The zero-order valence-corrected chi connectivity index (χ0v) is 19.1. The van der Waals surface area contributed by atoms with Crippen LogP contribution in [0.4, 0.5) is 0 Å². The average molecular weight is 446 g/mol. The van der Waals surface area contributed by atoms with Crippen molar-refractivity contribution in [3.05, 3.63) is 63.1 Å². The molecule has 0 spiro atoms. The molecule has 0 bridgehead atoms. The second-order valence-corrected chi connectivity index (χ2v) is 9.44. The number of hydrogen-bond acceptors (Lipinski definition) is 7. The smallest absolute Gasteiger partial charge is 0.181 e. The maximum absolute atomic E-state index is 5.60. The molecule has 0 radical (unpaired) electrons. The van der Waals surface area contributed by atoms with Crippen molar-refractivity contribution in [1.82, 2.24) is 14.7 Å². The molecule has 0 aliphatic carbocycles. The van der Waals surface area contributed by atoms with E-state index in [1.807, 2.05) is 17.0 Å². The van der Waals surface area contributed by atoms with E-state index in [9.17, 15) is 0 Å². The molecule has 2 heterocycles. The summed E-state index contributed by atoms with van der Waals surface area (Å²) in [6.07, 6.45) is 2.97. The van der Waals surface area contributed by atoms with Crippen molar-refractivity contribution in [3.8, 4) is 11.5 Å². The van der Waals surface area contributed by atoms with Gasteiger partial charge in [-0.3, -0.25) is 4.90 Å². The Morgan fingerprint density at radius 3 is 2.55 bits per heavy atom. The first-order chi connectivity index (χ1) is 14.1. The highest BCUT2D eigenvalue weighted by Gasteiger charge is 2.31. The van der Waals surface area contributed by atoms with Crippen LogP contribution in [0.1, 0.15) is 22.7 Å². The van der Waals surface area contributed by atoms with Gasteiger partial charge in [-0.15, -0.1) is 0 Å². The molecule has 29 heavy (non-hydrogen) atoms. The minimum Gasteiger partial charge on any atom is -0.493 e. The van der Waals surface area contributed by atoms with Crippen LogP contribution in [0.2, 0.25) is 0 Å². The molecule has 0 saturated heterocycles. The van der Waals surface area contributed by atoms with E-state index in [0.717, 1.165) is 32.8 Å². The molecule has 1 aliphatic heterocycles. The van der Waals surface area contributed by atoms with E-state index in [2.05, 4.69) is 46.4 Å². The lowest BCUT2D eigenvalue weighted by Crippen LogP contribution is -2.37. The number of benzene rings is 2. The van der Waals surface area contributed by atoms with Gasteiger partial charge in [-0.25, -0.2) is 4.68 Å². The molecule has 2 aromatic carbocycles. The highest BCUT2D eigenvalue weighted by atomic mass is 32.2. The van der Waals surface area contributed by atoms with Gasteiger partial charge in [-0.1, -0.05) is 53.4 Å². The van der Waals surface area contributed by atoms with Crippen molar-refractivity contribution >= 4 is 35.3 Å². The summed E-state index contributed by atoms with van der Waals surface area (Å²) >= 11 is 8.75. The summed E-state index contributed by atoms with van der Waals surface area (Å²) in [5, 5.41) is 4.68. The van der Waals surface area contributed by atoms with Crippen LogP contribution in [0.15, 0.2) is 46.8 Å². The largest absolute Gasteiger partial charge is 0.493 e. The van der Waals surface area contributed by atoms with Gasteiger partial charge >= 0.3 is 0 Å². The predicted molar refractivity (Wildman–Crippen MR) is 121 cm³/mol. The number of aromatic nitrogens is 2. The Hall–Kier alpha value is -1.87. The SMILES string of the molecule is COc1cc2c(cc1OC)[C@@H](c1ccccc1)N(Cn1nc(SC)sc1=S)CC2. The fourth-order valence-electron chi connectivity index (χ4n) is 3.81. The van der Waals surface area contributed by atoms with E-state index < -0.39 is 0 Å². The number of fused-ring (bicyclic) bond motifs is 1. The third-order valence-corrected chi connectivity index (χ3v) is 7.45. The lowest BCUT2D eigenvalue weighted by atomic mass is 9.88. The number of thioether (sulfide) groups is 1. The molecule has 5 nitrogen and oxygen atoms in total. The molecule has 1 aromatic heterocycles. The maximum Gasteiger partial charge on any atom is 0.181 e. The van der Waals surface area contributed by atoms with Crippen molar-refractivity contribution in [2.45, 2.75) is 23.5 Å². The third kappa shape index (κ3) is 4.07. The summed E-state index contributed by atoms with van der Waals surface area (Å²) in [6.45, 7) is 1.57. The van der Waals surface area contributed by atoms with Gasteiger partial charge < -0.3 is 9.47 Å². The molecule has 3 aromatic rings. The number of rotatable bonds is 6. The Kier molecular flexibility index (Phi) is 6.24. The fourth-order valence-corrected chi connectivity index (χ4v) is 5.54. The molecule has 152 valence electrons. The van der Waals surface area contributed by atoms with E-state index >= 15 is 0 Å². The normalized spacial score (nSPS) is 16.4. The van der Waals surface area contributed by atoms with Crippen LogP contribution in [0, 0.1) is 3.95 Å². The van der Waals surface area contributed by atoms with Crippen LogP contribution in [0.25, 0.3) is 0 Å². The van der Waals surface area contributed by atoms with Gasteiger partial charge in [0.25, 0.3) is 0 Å². The van der Waals surface area contributed by atoms with Gasteiger partial charge in [0, 0.05) is 6.54 Å². The molecular formula is C21H23N3O2S3. The van der Waals surface area contributed by atoms with Gasteiger partial charge in [-0.05, 0) is 53.7 Å². The molecule has 0 unspecified atom stereocenters. The second-order valence-electron chi connectivity index (χ2n) is 6.76. The quantitative estimate of drug-likeness (QED) is 0.392. The van der Waals surface area contributed by atoms with Crippen LogP contribution >= 0.6 is 35.3 Å².